The van der Waals surface area contributed by atoms with E-state index in [1.165, 1.54) is 0 Å². The van der Waals surface area contributed by atoms with Crippen molar-refractivity contribution in [3.05, 3.63) is 64.5 Å². The van der Waals surface area contributed by atoms with Gasteiger partial charge in [-0.3, -0.25) is 0 Å². The molecule has 0 bridgehead atoms. The largest absolute Gasteiger partial charge is 0.438 e. The Labute approximate surface area is 121 Å². The summed E-state index contributed by atoms with van der Waals surface area (Å²) in [5, 5.41) is 0.252. The summed E-state index contributed by atoms with van der Waals surface area (Å²) >= 11 is 12.4. The van der Waals surface area contributed by atoms with Crippen molar-refractivity contribution < 1.29 is 4.42 Å². The van der Waals surface area contributed by atoms with Gasteiger partial charge in [0, 0.05) is 5.02 Å². The van der Waals surface area contributed by atoms with Crippen LogP contribution in [-0.4, -0.2) is 4.98 Å². The molecule has 0 N–H and O–H groups in total. The lowest BCUT2D eigenvalue weighted by Crippen LogP contribution is -1.92. The number of aryl methyl sites for hydroxylation is 1. The van der Waals surface area contributed by atoms with Crippen molar-refractivity contribution in [3.8, 4) is 0 Å². The number of halogens is 2. The summed E-state index contributed by atoms with van der Waals surface area (Å²) in [6, 6.07) is 13.4. The molecule has 0 aliphatic carbocycles. The minimum absolute atomic E-state index is 0.397. The van der Waals surface area contributed by atoms with Gasteiger partial charge in [0.05, 0.1) is 0 Å². The highest BCUT2D eigenvalue weighted by molar-refractivity contribution is 6.31. The second-order valence-electron chi connectivity index (χ2n) is 4.40. The van der Waals surface area contributed by atoms with Gasteiger partial charge < -0.3 is 4.42 Å². The minimum Gasteiger partial charge on any atom is -0.438 e. The zero-order chi connectivity index (χ0) is 13.4. The lowest BCUT2D eigenvalue weighted by atomic mass is 10.1. The van der Waals surface area contributed by atoms with E-state index in [0.29, 0.717) is 10.9 Å². The van der Waals surface area contributed by atoms with Crippen molar-refractivity contribution in [3.63, 3.8) is 0 Å². The molecule has 0 aliphatic rings. The monoisotopic (exact) mass is 291 g/mol. The van der Waals surface area contributed by atoms with Crippen LogP contribution in [0.5, 0.6) is 0 Å². The summed E-state index contributed by atoms with van der Waals surface area (Å²) in [5.41, 5.74) is 3.39. The molecule has 0 saturated carbocycles. The lowest BCUT2D eigenvalue weighted by Gasteiger charge is -2.04. The summed E-state index contributed by atoms with van der Waals surface area (Å²) in [6.45, 7) is 1.94. The van der Waals surface area contributed by atoms with Crippen molar-refractivity contribution in [1.29, 1.82) is 0 Å². The third kappa shape index (κ3) is 2.34. The number of aromatic nitrogens is 1. The molecule has 3 aromatic rings. The molecule has 0 aliphatic heterocycles. The Hall–Kier alpha value is -1.51. The summed E-state index contributed by atoms with van der Waals surface area (Å²) in [7, 11) is 0. The quantitative estimate of drug-likeness (QED) is 0.613. The third-order valence-electron chi connectivity index (χ3n) is 2.97. The van der Waals surface area contributed by atoms with Crippen molar-refractivity contribution in [2.45, 2.75) is 12.3 Å². The van der Waals surface area contributed by atoms with Crippen molar-refractivity contribution >= 4 is 34.3 Å². The molecule has 0 fully saturated rings. The maximum Gasteiger partial charge on any atom is 0.218 e. The fourth-order valence-electron chi connectivity index (χ4n) is 2.05. The number of alkyl halides is 1. The molecule has 0 radical (unpaired) electrons. The second kappa shape index (κ2) is 4.87. The van der Waals surface area contributed by atoms with Crippen LogP contribution in [-0.2, 0) is 0 Å². The highest BCUT2D eigenvalue weighted by Crippen LogP contribution is 2.32. The predicted octanol–water partition coefficient (Wildman–Crippen LogP) is 5.12. The second-order valence-corrected chi connectivity index (χ2v) is 5.27. The average Bonchev–Trinajstić information content (AvgIpc) is 2.83. The maximum absolute atomic E-state index is 6.41. The Bertz CT molecular complexity index is 722. The molecule has 0 spiro atoms. The van der Waals surface area contributed by atoms with Gasteiger partial charge in [0.1, 0.15) is 10.9 Å². The van der Waals surface area contributed by atoms with Gasteiger partial charge in [-0.2, -0.15) is 0 Å². The van der Waals surface area contributed by atoms with Gasteiger partial charge in [-0.05, 0) is 30.2 Å². The number of nitrogens with zero attached hydrogens (tertiary/aromatic N) is 1. The minimum atomic E-state index is -0.397. The fourth-order valence-corrected chi connectivity index (χ4v) is 2.55. The first-order valence-corrected chi connectivity index (χ1v) is 6.72. The number of hydrogen-bond donors (Lipinski definition) is 0. The third-order valence-corrected chi connectivity index (χ3v) is 3.62. The predicted molar refractivity (Wildman–Crippen MR) is 77.9 cm³/mol. The smallest absolute Gasteiger partial charge is 0.218 e. The number of hydrogen-bond acceptors (Lipinski definition) is 2. The molecular weight excluding hydrogens is 281 g/mol. The molecule has 1 unspecified atom stereocenters. The summed E-state index contributed by atoms with van der Waals surface area (Å²) in [6.07, 6.45) is 0. The first-order valence-electron chi connectivity index (χ1n) is 5.91. The average molecular weight is 292 g/mol. The van der Waals surface area contributed by atoms with Crippen LogP contribution >= 0.6 is 23.2 Å². The van der Waals surface area contributed by atoms with E-state index in [4.69, 9.17) is 27.6 Å². The molecule has 1 heterocycles. The number of rotatable bonds is 2. The van der Waals surface area contributed by atoms with Crippen LogP contribution < -0.4 is 0 Å². The molecule has 0 saturated heterocycles. The van der Waals surface area contributed by atoms with Gasteiger partial charge in [-0.15, -0.1) is 11.6 Å². The fraction of sp³-hybridized carbons (Fsp3) is 0.133. The van der Waals surface area contributed by atoms with Crippen LogP contribution in [0.3, 0.4) is 0 Å². The van der Waals surface area contributed by atoms with Crippen LogP contribution in [0, 0.1) is 6.92 Å². The molecule has 1 atom stereocenters. The molecule has 1 aromatic heterocycles. The first-order chi connectivity index (χ1) is 9.15. The van der Waals surface area contributed by atoms with E-state index in [2.05, 4.69) is 4.98 Å². The summed E-state index contributed by atoms with van der Waals surface area (Å²) in [5.74, 6) is 0.494. The van der Waals surface area contributed by atoms with Gasteiger partial charge in [-0.25, -0.2) is 4.98 Å². The topological polar surface area (TPSA) is 26.0 Å². The number of benzene rings is 2. The van der Waals surface area contributed by atoms with Gasteiger partial charge in [0.25, 0.3) is 0 Å². The van der Waals surface area contributed by atoms with Crippen molar-refractivity contribution in [2.24, 2.45) is 0 Å². The Kier molecular flexibility index (Phi) is 3.21. The molecule has 96 valence electrons. The van der Waals surface area contributed by atoms with E-state index in [1.54, 1.807) is 6.07 Å². The van der Waals surface area contributed by atoms with Crippen LogP contribution in [0.2, 0.25) is 5.02 Å². The van der Waals surface area contributed by atoms with Gasteiger partial charge in [0.2, 0.25) is 5.89 Å². The van der Waals surface area contributed by atoms with E-state index in [0.717, 1.165) is 22.2 Å². The maximum atomic E-state index is 6.41. The van der Waals surface area contributed by atoms with E-state index < -0.39 is 5.38 Å². The van der Waals surface area contributed by atoms with Gasteiger partial charge in [-0.1, -0.05) is 41.9 Å². The van der Waals surface area contributed by atoms with E-state index in [9.17, 15) is 0 Å². The lowest BCUT2D eigenvalue weighted by molar-refractivity contribution is 0.537. The van der Waals surface area contributed by atoms with Gasteiger partial charge >= 0.3 is 0 Å². The number of oxazole rings is 1. The van der Waals surface area contributed by atoms with E-state index in [1.807, 2.05) is 43.3 Å². The van der Waals surface area contributed by atoms with Gasteiger partial charge in [0.15, 0.2) is 5.58 Å². The van der Waals surface area contributed by atoms with Crippen molar-refractivity contribution in [1.82, 2.24) is 4.98 Å². The SMILES string of the molecule is Cc1cc(Cl)cc2nc(C(Cl)c3ccccc3)oc12. The standard InChI is InChI=1S/C15H11Cl2NO/c1-9-7-11(16)8-12-14(9)19-15(18-12)13(17)10-5-3-2-4-6-10/h2-8,13H,1H3. The van der Waals surface area contributed by atoms with Crippen LogP contribution in [0.25, 0.3) is 11.1 Å². The molecule has 4 heteroatoms. The van der Waals surface area contributed by atoms with Crippen molar-refractivity contribution in [2.75, 3.05) is 0 Å². The van der Waals surface area contributed by atoms with E-state index in [-0.39, 0.29) is 0 Å². The highest BCUT2D eigenvalue weighted by atomic mass is 35.5. The van der Waals surface area contributed by atoms with E-state index >= 15 is 0 Å². The summed E-state index contributed by atoms with van der Waals surface area (Å²) in [4.78, 5) is 4.43. The zero-order valence-corrected chi connectivity index (χ0v) is 11.7. The highest BCUT2D eigenvalue weighted by Gasteiger charge is 2.18. The molecule has 3 rings (SSSR count). The molecular formula is C15H11Cl2NO. The molecule has 2 nitrogen and oxygen atoms in total. The normalized spacial score (nSPS) is 12.8. The first kappa shape index (κ1) is 12.5. The molecule has 0 amide bonds. The zero-order valence-electron chi connectivity index (χ0n) is 10.2. The Morgan fingerprint density at radius 1 is 1.16 bits per heavy atom. The van der Waals surface area contributed by atoms with Crippen LogP contribution in [0.15, 0.2) is 46.9 Å². The Morgan fingerprint density at radius 2 is 1.89 bits per heavy atom. The molecule has 2 aromatic carbocycles. The van der Waals surface area contributed by atoms with Crippen LogP contribution in [0.4, 0.5) is 0 Å². The molecule has 19 heavy (non-hydrogen) atoms. The Balaban J connectivity index is 2.09. The van der Waals surface area contributed by atoms with Crippen LogP contribution in [0.1, 0.15) is 22.4 Å². The Morgan fingerprint density at radius 3 is 2.63 bits per heavy atom. The number of fused-ring (bicyclic) bond motifs is 1. The summed E-state index contributed by atoms with van der Waals surface area (Å²) < 4.78 is 5.77.